The number of halogens is 2. The number of aryl methyl sites for hydroxylation is 1. The minimum Gasteiger partial charge on any atom is -0.329 e. The van der Waals surface area contributed by atoms with Gasteiger partial charge >= 0.3 is 0 Å². The highest BCUT2D eigenvalue weighted by molar-refractivity contribution is 9.10. The number of rotatable bonds is 5. The second kappa shape index (κ2) is 7.41. The molecule has 2 aromatic carbocycles. The van der Waals surface area contributed by atoms with Crippen LogP contribution in [0.5, 0.6) is 0 Å². The molecule has 0 radical (unpaired) electrons. The molecule has 1 atom stereocenters. The van der Waals surface area contributed by atoms with E-state index in [9.17, 15) is 0 Å². The van der Waals surface area contributed by atoms with E-state index in [1.165, 1.54) is 16.7 Å². The summed E-state index contributed by atoms with van der Waals surface area (Å²) in [5.41, 5.74) is 9.65. The molecule has 2 nitrogen and oxygen atoms in total. The van der Waals surface area contributed by atoms with Crippen molar-refractivity contribution < 1.29 is 0 Å². The van der Waals surface area contributed by atoms with Crippen molar-refractivity contribution in [2.45, 2.75) is 19.5 Å². The summed E-state index contributed by atoms with van der Waals surface area (Å²) in [6, 6.07) is 14.5. The molecule has 2 aromatic rings. The zero-order valence-electron chi connectivity index (χ0n) is 12.3. The molecule has 0 aliphatic heterocycles. The molecule has 0 aliphatic rings. The summed E-state index contributed by atoms with van der Waals surface area (Å²) in [5.74, 6) is 0. The van der Waals surface area contributed by atoms with Gasteiger partial charge in [-0.2, -0.15) is 0 Å². The molecular weight excluding hydrogens is 348 g/mol. The first-order valence-electron chi connectivity index (χ1n) is 6.92. The summed E-state index contributed by atoms with van der Waals surface area (Å²) >= 11 is 9.59. The highest BCUT2D eigenvalue weighted by Gasteiger charge is 2.16. The maximum absolute atomic E-state index is 6.05. The fraction of sp³-hybridized carbons (Fsp3) is 0.294. The third kappa shape index (κ3) is 4.30. The lowest BCUT2D eigenvalue weighted by atomic mass is 10.0. The number of benzene rings is 2. The van der Waals surface area contributed by atoms with Crippen LogP contribution in [0, 0.1) is 6.92 Å². The Bertz CT molecular complexity index is 615. The molecule has 21 heavy (non-hydrogen) atoms. The summed E-state index contributed by atoms with van der Waals surface area (Å²) in [4.78, 5) is 2.26. The molecule has 1 unspecified atom stereocenters. The molecule has 4 heteroatoms. The summed E-state index contributed by atoms with van der Waals surface area (Å²) < 4.78 is 1.12. The van der Waals surface area contributed by atoms with E-state index in [0.29, 0.717) is 6.54 Å². The molecule has 0 aromatic heterocycles. The maximum Gasteiger partial charge on any atom is 0.0471 e. The van der Waals surface area contributed by atoms with Gasteiger partial charge < -0.3 is 5.73 Å². The average molecular weight is 368 g/mol. The van der Waals surface area contributed by atoms with Crippen molar-refractivity contribution in [3.63, 3.8) is 0 Å². The van der Waals surface area contributed by atoms with E-state index in [2.05, 4.69) is 59.1 Å². The van der Waals surface area contributed by atoms with Crippen LogP contribution in [-0.2, 0) is 6.54 Å². The largest absolute Gasteiger partial charge is 0.329 e. The quantitative estimate of drug-likeness (QED) is 0.840. The molecule has 0 saturated heterocycles. The molecule has 2 N–H and O–H groups in total. The highest BCUT2D eigenvalue weighted by Crippen LogP contribution is 2.25. The van der Waals surface area contributed by atoms with E-state index >= 15 is 0 Å². The Labute approximate surface area is 140 Å². The number of nitrogens with two attached hydrogens (primary N) is 1. The third-order valence-electron chi connectivity index (χ3n) is 3.64. The van der Waals surface area contributed by atoms with E-state index in [1.807, 2.05) is 18.2 Å². The molecule has 0 aliphatic carbocycles. The summed E-state index contributed by atoms with van der Waals surface area (Å²) in [5, 5.41) is 0.768. The third-order valence-corrected chi connectivity index (χ3v) is 4.77. The minimum absolute atomic E-state index is 0.191. The zero-order chi connectivity index (χ0) is 15.4. The first kappa shape index (κ1) is 16.5. The lowest BCUT2D eigenvalue weighted by molar-refractivity contribution is 0.242. The standard InChI is InChI=1S/C17H20BrClN2/c1-12-8-14(6-7-16(12)18)17(10-20)21(2)11-13-4-3-5-15(19)9-13/h3-9,17H,10-11,20H2,1-2H3. The van der Waals surface area contributed by atoms with Gasteiger partial charge in [0.15, 0.2) is 0 Å². The molecule has 0 fully saturated rings. The van der Waals surface area contributed by atoms with Gasteiger partial charge in [-0.05, 0) is 48.9 Å². The SMILES string of the molecule is Cc1cc(C(CN)N(C)Cc2cccc(Cl)c2)ccc1Br. The van der Waals surface area contributed by atoms with Gasteiger partial charge in [0.25, 0.3) is 0 Å². The van der Waals surface area contributed by atoms with Crippen LogP contribution < -0.4 is 5.73 Å². The molecule has 112 valence electrons. The van der Waals surface area contributed by atoms with Crippen molar-refractivity contribution in [3.8, 4) is 0 Å². The van der Waals surface area contributed by atoms with Crippen molar-refractivity contribution >= 4 is 27.5 Å². The lowest BCUT2D eigenvalue weighted by Gasteiger charge is -2.28. The zero-order valence-corrected chi connectivity index (χ0v) is 14.7. The van der Waals surface area contributed by atoms with Crippen LogP contribution >= 0.6 is 27.5 Å². The molecular formula is C17H20BrClN2. The van der Waals surface area contributed by atoms with E-state index < -0.39 is 0 Å². The lowest BCUT2D eigenvalue weighted by Crippen LogP contribution is -2.30. The van der Waals surface area contributed by atoms with Crippen molar-refractivity contribution in [3.05, 3.63) is 68.7 Å². The van der Waals surface area contributed by atoms with Crippen LogP contribution in [0.2, 0.25) is 5.02 Å². The highest BCUT2D eigenvalue weighted by atomic mass is 79.9. The first-order valence-corrected chi connectivity index (χ1v) is 8.09. The van der Waals surface area contributed by atoms with Crippen molar-refractivity contribution in [1.29, 1.82) is 0 Å². The van der Waals surface area contributed by atoms with Gasteiger partial charge in [0.1, 0.15) is 0 Å². The summed E-state index contributed by atoms with van der Waals surface area (Å²) in [7, 11) is 2.09. The Morgan fingerprint density at radius 2 is 2.00 bits per heavy atom. The van der Waals surface area contributed by atoms with E-state index in [-0.39, 0.29) is 6.04 Å². The molecule has 0 bridgehead atoms. The fourth-order valence-electron chi connectivity index (χ4n) is 2.48. The Morgan fingerprint density at radius 3 is 2.62 bits per heavy atom. The monoisotopic (exact) mass is 366 g/mol. The molecule has 0 heterocycles. The van der Waals surface area contributed by atoms with E-state index in [4.69, 9.17) is 17.3 Å². The van der Waals surface area contributed by atoms with Gasteiger partial charge in [0.2, 0.25) is 0 Å². The van der Waals surface area contributed by atoms with Crippen molar-refractivity contribution in [1.82, 2.24) is 4.90 Å². The normalized spacial score (nSPS) is 12.7. The van der Waals surface area contributed by atoms with Gasteiger partial charge in [0, 0.05) is 28.6 Å². The van der Waals surface area contributed by atoms with Crippen LogP contribution in [0.4, 0.5) is 0 Å². The topological polar surface area (TPSA) is 29.3 Å². The summed E-state index contributed by atoms with van der Waals surface area (Å²) in [6.45, 7) is 3.49. The number of likely N-dealkylation sites (N-methyl/N-ethyl adjacent to an activating group) is 1. The molecule has 0 spiro atoms. The van der Waals surface area contributed by atoms with Gasteiger partial charge in [-0.25, -0.2) is 0 Å². The molecule has 2 rings (SSSR count). The number of nitrogens with zero attached hydrogens (tertiary/aromatic N) is 1. The second-order valence-electron chi connectivity index (χ2n) is 5.31. The van der Waals surface area contributed by atoms with Crippen LogP contribution in [0.15, 0.2) is 46.9 Å². The maximum atomic E-state index is 6.05. The predicted molar refractivity (Wildman–Crippen MR) is 93.6 cm³/mol. The van der Waals surface area contributed by atoms with E-state index in [0.717, 1.165) is 16.0 Å². The molecule has 0 amide bonds. The Morgan fingerprint density at radius 1 is 1.24 bits per heavy atom. The predicted octanol–water partition coefficient (Wildman–Crippen LogP) is 4.54. The second-order valence-corrected chi connectivity index (χ2v) is 6.60. The fourth-order valence-corrected chi connectivity index (χ4v) is 2.94. The van der Waals surface area contributed by atoms with Crippen LogP contribution in [0.3, 0.4) is 0 Å². The average Bonchev–Trinajstić information content (AvgIpc) is 2.43. The van der Waals surface area contributed by atoms with Crippen LogP contribution in [-0.4, -0.2) is 18.5 Å². The van der Waals surface area contributed by atoms with Crippen LogP contribution in [0.1, 0.15) is 22.7 Å². The Kier molecular flexibility index (Phi) is 5.82. The van der Waals surface area contributed by atoms with Crippen molar-refractivity contribution in [2.24, 2.45) is 5.73 Å². The smallest absolute Gasteiger partial charge is 0.0471 e. The van der Waals surface area contributed by atoms with Gasteiger partial charge in [0.05, 0.1) is 0 Å². The van der Waals surface area contributed by atoms with Crippen LogP contribution in [0.25, 0.3) is 0 Å². The van der Waals surface area contributed by atoms with Gasteiger partial charge in [-0.3, -0.25) is 4.90 Å². The number of hydrogen-bond acceptors (Lipinski definition) is 2. The van der Waals surface area contributed by atoms with Crippen molar-refractivity contribution in [2.75, 3.05) is 13.6 Å². The summed E-state index contributed by atoms with van der Waals surface area (Å²) in [6.07, 6.45) is 0. The van der Waals surface area contributed by atoms with Gasteiger partial charge in [-0.1, -0.05) is 51.8 Å². The first-order chi connectivity index (χ1) is 10.0. The Balaban J connectivity index is 2.18. The van der Waals surface area contributed by atoms with E-state index in [1.54, 1.807) is 0 Å². The Hall–Kier alpha value is -0.870. The minimum atomic E-state index is 0.191. The van der Waals surface area contributed by atoms with Gasteiger partial charge in [-0.15, -0.1) is 0 Å². The molecule has 0 saturated carbocycles. The number of hydrogen-bond donors (Lipinski definition) is 1.